The van der Waals surface area contributed by atoms with Gasteiger partial charge < -0.3 is 5.32 Å². The summed E-state index contributed by atoms with van der Waals surface area (Å²) in [6, 6.07) is 8.40. The van der Waals surface area contributed by atoms with Gasteiger partial charge in [-0.3, -0.25) is 4.68 Å². The molecule has 1 fully saturated rings. The Hall–Kier alpha value is -1.35. The fourth-order valence-electron chi connectivity index (χ4n) is 2.08. The molecule has 1 N–H and O–H groups in total. The molecule has 0 bridgehead atoms. The van der Waals surface area contributed by atoms with Gasteiger partial charge in [-0.05, 0) is 25.8 Å². The number of rotatable bonds is 3. The lowest BCUT2D eigenvalue weighted by molar-refractivity contribution is 0.529. The number of hydrogen-bond acceptors (Lipinski definition) is 2. The molecule has 16 heavy (non-hydrogen) atoms. The number of aryl methyl sites for hydroxylation is 1. The first-order valence-electron chi connectivity index (χ1n) is 5.84. The van der Waals surface area contributed by atoms with Gasteiger partial charge in [0.15, 0.2) is 0 Å². The number of nitrogens with zero attached hydrogens (tertiary/aromatic N) is 2. The number of nitrogens with one attached hydrogen (secondary N) is 1. The molecule has 1 heterocycles. The highest BCUT2D eigenvalue weighted by Crippen LogP contribution is 2.34. The molecule has 0 unspecified atom stereocenters. The molecule has 3 nitrogen and oxygen atoms in total. The largest absolute Gasteiger partial charge is 0.306 e. The zero-order valence-corrected chi connectivity index (χ0v) is 9.83. The quantitative estimate of drug-likeness (QED) is 0.850. The van der Waals surface area contributed by atoms with Gasteiger partial charge in [-0.2, -0.15) is 5.10 Å². The number of aromatic nitrogens is 2. The van der Waals surface area contributed by atoms with E-state index in [1.54, 1.807) is 0 Å². The summed E-state index contributed by atoms with van der Waals surface area (Å²) in [5, 5.41) is 9.42. The van der Waals surface area contributed by atoms with Crippen LogP contribution in [0.15, 0.2) is 24.3 Å². The number of para-hydroxylation sites is 1. The predicted molar refractivity (Wildman–Crippen MR) is 65.2 cm³/mol. The minimum atomic E-state index is 0.374. The SMILES string of the molecule is Cn1nc(CNC2(C)CC2)c2ccccc21. The van der Waals surface area contributed by atoms with Crippen LogP contribution in [-0.2, 0) is 13.6 Å². The van der Waals surface area contributed by atoms with Crippen molar-refractivity contribution < 1.29 is 0 Å². The van der Waals surface area contributed by atoms with E-state index in [0.717, 1.165) is 12.2 Å². The maximum atomic E-state index is 4.57. The van der Waals surface area contributed by atoms with Gasteiger partial charge in [-0.15, -0.1) is 0 Å². The lowest BCUT2D eigenvalue weighted by Crippen LogP contribution is -2.27. The third-order valence-electron chi connectivity index (χ3n) is 3.52. The monoisotopic (exact) mass is 215 g/mol. The van der Waals surface area contributed by atoms with Crippen molar-refractivity contribution in [2.24, 2.45) is 7.05 Å². The molecule has 0 radical (unpaired) electrons. The van der Waals surface area contributed by atoms with Crippen LogP contribution in [0, 0.1) is 0 Å². The second-order valence-corrected chi connectivity index (χ2v) is 5.00. The normalized spacial score (nSPS) is 17.9. The summed E-state index contributed by atoms with van der Waals surface area (Å²) in [4.78, 5) is 0. The van der Waals surface area contributed by atoms with Crippen molar-refractivity contribution in [2.75, 3.05) is 0 Å². The zero-order valence-electron chi connectivity index (χ0n) is 9.83. The van der Waals surface area contributed by atoms with Crippen LogP contribution in [0.2, 0.25) is 0 Å². The van der Waals surface area contributed by atoms with Crippen molar-refractivity contribution in [2.45, 2.75) is 31.8 Å². The second kappa shape index (κ2) is 3.32. The van der Waals surface area contributed by atoms with Gasteiger partial charge in [0.05, 0.1) is 11.2 Å². The lowest BCUT2D eigenvalue weighted by Gasteiger charge is -2.09. The van der Waals surface area contributed by atoms with E-state index >= 15 is 0 Å². The van der Waals surface area contributed by atoms with Gasteiger partial charge in [0.25, 0.3) is 0 Å². The van der Waals surface area contributed by atoms with E-state index in [1.165, 1.54) is 23.7 Å². The van der Waals surface area contributed by atoms with Gasteiger partial charge in [-0.25, -0.2) is 0 Å². The summed E-state index contributed by atoms with van der Waals surface area (Å²) >= 11 is 0. The number of benzene rings is 1. The van der Waals surface area contributed by atoms with Gasteiger partial charge in [-0.1, -0.05) is 18.2 Å². The molecule has 2 aromatic rings. The molecule has 0 aliphatic heterocycles. The molecule has 0 atom stereocenters. The minimum Gasteiger partial charge on any atom is -0.306 e. The molecule has 84 valence electrons. The van der Waals surface area contributed by atoms with Gasteiger partial charge in [0.1, 0.15) is 0 Å². The molecular formula is C13H17N3. The van der Waals surface area contributed by atoms with Crippen LogP contribution >= 0.6 is 0 Å². The predicted octanol–water partition coefficient (Wildman–Crippen LogP) is 2.22. The maximum absolute atomic E-state index is 4.57. The molecule has 0 spiro atoms. The highest BCUT2D eigenvalue weighted by atomic mass is 15.3. The molecule has 1 aliphatic rings. The standard InChI is InChI=1S/C13H17N3/c1-13(7-8-13)14-9-11-10-5-3-4-6-12(10)16(2)15-11/h3-6,14H,7-9H2,1-2H3. The Morgan fingerprint density at radius 1 is 1.38 bits per heavy atom. The van der Waals surface area contributed by atoms with E-state index in [-0.39, 0.29) is 0 Å². The summed E-state index contributed by atoms with van der Waals surface area (Å²) in [6.07, 6.45) is 2.58. The van der Waals surface area contributed by atoms with Crippen LogP contribution < -0.4 is 5.32 Å². The maximum Gasteiger partial charge on any atom is 0.0841 e. The average Bonchev–Trinajstić information content (AvgIpc) is 2.94. The molecular weight excluding hydrogens is 198 g/mol. The summed E-state index contributed by atoms with van der Waals surface area (Å²) < 4.78 is 1.96. The Morgan fingerprint density at radius 3 is 2.88 bits per heavy atom. The third-order valence-corrected chi connectivity index (χ3v) is 3.52. The highest BCUT2D eigenvalue weighted by molar-refractivity contribution is 5.81. The van der Waals surface area contributed by atoms with E-state index in [9.17, 15) is 0 Å². The number of hydrogen-bond donors (Lipinski definition) is 1. The van der Waals surface area contributed by atoms with Crippen molar-refractivity contribution in [1.29, 1.82) is 0 Å². The summed E-state index contributed by atoms with van der Waals surface area (Å²) in [6.45, 7) is 3.15. The molecule has 1 aromatic carbocycles. The topological polar surface area (TPSA) is 29.9 Å². The Morgan fingerprint density at radius 2 is 2.12 bits per heavy atom. The van der Waals surface area contributed by atoms with Gasteiger partial charge in [0, 0.05) is 24.5 Å². The van der Waals surface area contributed by atoms with Crippen LogP contribution in [0.4, 0.5) is 0 Å². The van der Waals surface area contributed by atoms with E-state index in [4.69, 9.17) is 0 Å². The zero-order chi connectivity index (χ0) is 11.2. The van der Waals surface area contributed by atoms with Crippen LogP contribution in [-0.4, -0.2) is 15.3 Å². The fourth-order valence-corrected chi connectivity index (χ4v) is 2.08. The summed E-state index contributed by atoms with van der Waals surface area (Å²) in [7, 11) is 2.00. The first kappa shape index (κ1) is 9.85. The first-order valence-corrected chi connectivity index (χ1v) is 5.84. The molecule has 1 saturated carbocycles. The Labute approximate surface area is 95.5 Å². The Kier molecular flexibility index (Phi) is 2.04. The molecule has 1 aromatic heterocycles. The van der Waals surface area contributed by atoms with Crippen molar-refractivity contribution in [3.63, 3.8) is 0 Å². The van der Waals surface area contributed by atoms with E-state index < -0.39 is 0 Å². The smallest absolute Gasteiger partial charge is 0.0841 e. The van der Waals surface area contributed by atoms with Gasteiger partial charge in [0.2, 0.25) is 0 Å². The molecule has 3 rings (SSSR count). The number of fused-ring (bicyclic) bond motifs is 1. The lowest BCUT2D eigenvalue weighted by atomic mass is 10.2. The van der Waals surface area contributed by atoms with Crippen molar-refractivity contribution >= 4 is 10.9 Å². The van der Waals surface area contributed by atoms with Crippen LogP contribution in [0.5, 0.6) is 0 Å². The first-order chi connectivity index (χ1) is 7.68. The van der Waals surface area contributed by atoms with Gasteiger partial charge >= 0.3 is 0 Å². The van der Waals surface area contributed by atoms with Crippen LogP contribution in [0.3, 0.4) is 0 Å². The third kappa shape index (κ3) is 1.61. The Balaban J connectivity index is 1.91. The van der Waals surface area contributed by atoms with E-state index in [2.05, 4.69) is 41.6 Å². The van der Waals surface area contributed by atoms with Crippen LogP contribution in [0.25, 0.3) is 10.9 Å². The van der Waals surface area contributed by atoms with Crippen LogP contribution in [0.1, 0.15) is 25.5 Å². The molecule has 3 heteroatoms. The molecule has 0 saturated heterocycles. The highest BCUT2D eigenvalue weighted by Gasteiger charge is 2.36. The molecule has 1 aliphatic carbocycles. The summed E-state index contributed by atoms with van der Waals surface area (Å²) in [5.74, 6) is 0. The average molecular weight is 215 g/mol. The van der Waals surface area contributed by atoms with Crippen molar-refractivity contribution in [3.8, 4) is 0 Å². The summed E-state index contributed by atoms with van der Waals surface area (Å²) in [5.41, 5.74) is 2.74. The Bertz CT molecular complexity index is 523. The van der Waals surface area contributed by atoms with Crippen molar-refractivity contribution in [3.05, 3.63) is 30.0 Å². The molecule has 0 amide bonds. The minimum absolute atomic E-state index is 0.374. The van der Waals surface area contributed by atoms with E-state index in [1.807, 2.05) is 11.7 Å². The fraction of sp³-hybridized carbons (Fsp3) is 0.462. The second-order valence-electron chi connectivity index (χ2n) is 5.00. The van der Waals surface area contributed by atoms with E-state index in [0.29, 0.717) is 5.54 Å². The van der Waals surface area contributed by atoms with Crippen molar-refractivity contribution in [1.82, 2.24) is 15.1 Å².